The summed E-state index contributed by atoms with van der Waals surface area (Å²) in [5, 5.41) is 15.1. The van der Waals surface area contributed by atoms with Crippen LogP contribution in [0.2, 0.25) is 0 Å². The SMILES string of the molecule is Cc1nnc(SCC(=O)N2CCN(c3ccccc3F)CC2)c2nn(-c3ccccc3)c(C)c12. The summed E-state index contributed by atoms with van der Waals surface area (Å²) in [7, 11) is 0. The lowest BCUT2D eigenvalue weighted by molar-refractivity contribution is -0.128. The summed E-state index contributed by atoms with van der Waals surface area (Å²) in [5.41, 5.74) is 4.12. The standard InChI is InChI=1S/C25H25FN6OS/c1-17-23-18(2)32(19-8-4-3-5-9-19)29-24(23)25(28-27-17)34-16-22(33)31-14-12-30(13-15-31)21-11-7-6-10-20(21)26/h3-11H,12-16H2,1-2H3. The minimum absolute atomic E-state index is 0.0351. The van der Waals surface area contributed by atoms with Gasteiger partial charge in [-0.25, -0.2) is 9.07 Å². The summed E-state index contributed by atoms with van der Waals surface area (Å²) in [6.07, 6.45) is 0. The normalized spacial score (nSPS) is 14.1. The lowest BCUT2D eigenvalue weighted by atomic mass is 10.2. The maximum atomic E-state index is 14.1. The number of para-hydroxylation sites is 2. The third-order valence-electron chi connectivity index (χ3n) is 6.13. The fourth-order valence-electron chi connectivity index (χ4n) is 4.35. The fourth-order valence-corrected chi connectivity index (χ4v) is 5.17. The summed E-state index contributed by atoms with van der Waals surface area (Å²) in [6, 6.07) is 16.7. The molecule has 0 atom stereocenters. The van der Waals surface area contributed by atoms with Crippen LogP contribution in [0.1, 0.15) is 11.4 Å². The van der Waals surface area contributed by atoms with E-state index in [9.17, 15) is 9.18 Å². The summed E-state index contributed by atoms with van der Waals surface area (Å²) in [5.74, 6) is 0.0574. The first-order valence-corrected chi connectivity index (χ1v) is 12.2. The first kappa shape index (κ1) is 22.3. The van der Waals surface area contributed by atoms with Crippen molar-refractivity contribution < 1.29 is 9.18 Å². The van der Waals surface area contributed by atoms with E-state index in [2.05, 4.69) is 10.2 Å². The zero-order valence-electron chi connectivity index (χ0n) is 19.1. The smallest absolute Gasteiger partial charge is 0.233 e. The van der Waals surface area contributed by atoms with E-state index in [1.165, 1.54) is 17.8 Å². The first-order chi connectivity index (χ1) is 16.5. The molecule has 174 valence electrons. The molecule has 0 N–H and O–H groups in total. The molecule has 0 bridgehead atoms. The van der Waals surface area contributed by atoms with Crippen molar-refractivity contribution in [1.82, 2.24) is 24.9 Å². The molecule has 1 fully saturated rings. The van der Waals surface area contributed by atoms with Gasteiger partial charge in [-0.05, 0) is 38.1 Å². The van der Waals surface area contributed by atoms with Crippen LogP contribution in [0.3, 0.4) is 0 Å². The summed E-state index contributed by atoms with van der Waals surface area (Å²) in [6.45, 7) is 6.27. The Morgan fingerprint density at radius 3 is 2.41 bits per heavy atom. The Bertz CT molecular complexity index is 1330. The second kappa shape index (κ2) is 9.42. The molecule has 3 heterocycles. The maximum Gasteiger partial charge on any atom is 0.233 e. The highest BCUT2D eigenvalue weighted by molar-refractivity contribution is 8.00. The van der Waals surface area contributed by atoms with Crippen molar-refractivity contribution in [1.29, 1.82) is 0 Å². The lowest BCUT2D eigenvalue weighted by Crippen LogP contribution is -2.49. The topological polar surface area (TPSA) is 67.2 Å². The van der Waals surface area contributed by atoms with E-state index < -0.39 is 0 Å². The van der Waals surface area contributed by atoms with Crippen molar-refractivity contribution in [2.24, 2.45) is 0 Å². The van der Waals surface area contributed by atoms with Gasteiger partial charge in [-0.2, -0.15) is 10.2 Å². The molecule has 0 spiro atoms. The van der Waals surface area contributed by atoms with E-state index in [1.54, 1.807) is 12.1 Å². The third-order valence-corrected chi connectivity index (χ3v) is 7.07. The Morgan fingerprint density at radius 1 is 0.971 bits per heavy atom. The predicted molar refractivity (Wildman–Crippen MR) is 132 cm³/mol. The van der Waals surface area contributed by atoms with E-state index in [1.807, 2.05) is 64.7 Å². The summed E-state index contributed by atoms with van der Waals surface area (Å²) >= 11 is 1.36. The number of fused-ring (bicyclic) bond motifs is 1. The molecule has 0 saturated carbocycles. The number of halogens is 1. The molecule has 2 aromatic carbocycles. The van der Waals surface area contributed by atoms with Crippen molar-refractivity contribution in [3.8, 4) is 5.69 Å². The van der Waals surface area contributed by atoms with Gasteiger partial charge in [0.2, 0.25) is 5.91 Å². The average Bonchev–Trinajstić information content (AvgIpc) is 3.22. The molecule has 0 aliphatic carbocycles. The van der Waals surface area contributed by atoms with Gasteiger partial charge in [-0.1, -0.05) is 42.1 Å². The van der Waals surface area contributed by atoms with E-state index in [4.69, 9.17) is 5.10 Å². The first-order valence-electron chi connectivity index (χ1n) is 11.2. The van der Waals surface area contributed by atoms with E-state index >= 15 is 0 Å². The van der Waals surface area contributed by atoms with Crippen LogP contribution < -0.4 is 4.90 Å². The van der Waals surface area contributed by atoms with Gasteiger partial charge in [0, 0.05) is 31.6 Å². The van der Waals surface area contributed by atoms with E-state index in [-0.39, 0.29) is 17.5 Å². The van der Waals surface area contributed by atoms with Gasteiger partial charge < -0.3 is 9.80 Å². The molecule has 0 unspecified atom stereocenters. The molecule has 1 aliphatic heterocycles. The Hall–Kier alpha value is -3.46. The molecule has 5 rings (SSSR count). The molecular formula is C25H25FN6OS. The monoisotopic (exact) mass is 476 g/mol. The number of nitrogens with zero attached hydrogens (tertiary/aromatic N) is 6. The second-order valence-electron chi connectivity index (χ2n) is 8.25. The van der Waals surface area contributed by atoms with Gasteiger partial charge in [0.05, 0.1) is 28.5 Å². The van der Waals surface area contributed by atoms with Crippen molar-refractivity contribution >= 4 is 34.3 Å². The quantitative estimate of drug-likeness (QED) is 0.406. The summed E-state index contributed by atoms with van der Waals surface area (Å²) < 4.78 is 16.0. The molecule has 1 amide bonds. The highest BCUT2D eigenvalue weighted by Gasteiger charge is 2.24. The van der Waals surface area contributed by atoms with Crippen LogP contribution in [0.5, 0.6) is 0 Å². The number of benzene rings is 2. The highest BCUT2D eigenvalue weighted by Crippen LogP contribution is 2.30. The second-order valence-corrected chi connectivity index (χ2v) is 9.22. The number of carbonyl (C=O) groups excluding carboxylic acids is 1. The molecule has 0 radical (unpaired) electrons. The van der Waals surface area contributed by atoms with Crippen LogP contribution in [0.4, 0.5) is 10.1 Å². The maximum absolute atomic E-state index is 14.1. The lowest BCUT2D eigenvalue weighted by Gasteiger charge is -2.36. The Labute approximate surface area is 201 Å². The zero-order valence-corrected chi connectivity index (χ0v) is 19.9. The Balaban J connectivity index is 1.29. The molecule has 1 saturated heterocycles. The van der Waals surface area contributed by atoms with E-state index in [0.717, 1.165) is 28.0 Å². The van der Waals surface area contributed by atoms with Gasteiger partial charge in [0.25, 0.3) is 0 Å². The third kappa shape index (κ3) is 4.23. The van der Waals surface area contributed by atoms with Gasteiger partial charge >= 0.3 is 0 Å². The summed E-state index contributed by atoms with van der Waals surface area (Å²) in [4.78, 5) is 16.7. The molecular weight excluding hydrogens is 451 g/mol. The van der Waals surface area contributed by atoms with Crippen molar-refractivity contribution in [2.45, 2.75) is 18.9 Å². The zero-order chi connectivity index (χ0) is 23.7. The number of rotatable bonds is 5. The van der Waals surface area contributed by atoms with Crippen LogP contribution in [0, 0.1) is 19.7 Å². The van der Waals surface area contributed by atoms with Crippen molar-refractivity contribution in [3.63, 3.8) is 0 Å². The van der Waals surface area contributed by atoms with Gasteiger partial charge in [0.15, 0.2) is 0 Å². The average molecular weight is 477 g/mol. The molecule has 1 aliphatic rings. The Morgan fingerprint density at radius 2 is 1.68 bits per heavy atom. The van der Waals surface area contributed by atoms with Crippen LogP contribution >= 0.6 is 11.8 Å². The molecule has 34 heavy (non-hydrogen) atoms. The minimum Gasteiger partial charge on any atom is -0.366 e. The van der Waals surface area contributed by atoms with Crippen LogP contribution in [-0.4, -0.2) is 62.7 Å². The van der Waals surface area contributed by atoms with Crippen molar-refractivity contribution in [3.05, 3.63) is 71.8 Å². The van der Waals surface area contributed by atoms with Crippen LogP contribution in [-0.2, 0) is 4.79 Å². The molecule has 4 aromatic rings. The number of anilines is 1. The number of carbonyl (C=O) groups is 1. The number of thioether (sulfide) groups is 1. The number of amides is 1. The van der Waals surface area contributed by atoms with Gasteiger partial charge in [0.1, 0.15) is 16.4 Å². The Kier molecular flexibility index (Phi) is 6.19. The van der Waals surface area contributed by atoms with Gasteiger partial charge in [-0.15, -0.1) is 5.10 Å². The van der Waals surface area contributed by atoms with Crippen molar-refractivity contribution in [2.75, 3.05) is 36.8 Å². The number of aromatic nitrogens is 4. The van der Waals surface area contributed by atoms with Crippen LogP contribution in [0.15, 0.2) is 59.6 Å². The molecule has 2 aromatic heterocycles. The predicted octanol–water partition coefficient (Wildman–Crippen LogP) is 4.01. The van der Waals surface area contributed by atoms with E-state index in [0.29, 0.717) is 36.9 Å². The largest absolute Gasteiger partial charge is 0.366 e. The molecule has 9 heteroatoms. The number of hydrogen-bond donors (Lipinski definition) is 0. The number of aryl methyl sites for hydroxylation is 2. The minimum atomic E-state index is -0.231. The number of hydrogen-bond acceptors (Lipinski definition) is 6. The fraction of sp³-hybridized carbons (Fsp3) is 0.280. The number of piperazine rings is 1. The highest BCUT2D eigenvalue weighted by atomic mass is 32.2. The van der Waals surface area contributed by atoms with Gasteiger partial charge in [-0.3, -0.25) is 4.79 Å². The van der Waals surface area contributed by atoms with Crippen LogP contribution in [0.25, 0.3) is 16.6 Å². The molecule has 7 nitrogen and oxygen atoms in total.